The van der Waals surface area contributed by atoms with E-state index >= 15 is 0 Å². The number of anilines is 1. The summed E-state index contributed by atoms with van der Waals surface area (Å²) in [6.45, 7) is 5.95. The zero-order valence-electron chi connectivity index (χ0n) is 10.3. The Morgan fingerprint density at radius 3 is 2.65 bits per heavy atom. The van der Waals surface area contributed by atoms with Crippen molar-refractivity contribution in [3.63, 3.8) is 0 Å². The lowest BCUT2D eigenvalue weighted by molar-refractivity contribution is 0.702. The number of benzene rings is 1. The SMILES string of the molecule is Cc1ccc(N)c(CNCc2ccc(C)s2)c1. The number of rotatable bonds is 4. The lowest BCUT2D eigenvalue weighted by Gasteiger charge is -2.07. The van der Waals surface area contributed by atoms with Crippen LogP contribution in [0.1, 0.15) is 20.9 Å². The Morgan fingerprint density at radius 1 is 1.12 bits per heavy atom. The van der Waals surface area contributed by atoms with Crippen molar-refractivity contribution in [2.45, 2.75) is 26.9 Å². The number of thiophene rings is 1. The van der Waals surface area contributed by atoms with Crippen LogP contribution >= 0.6 is 11.3 Å². The second-order valence-electron chi connectivity index (χ2n) is 4.32. The van der Waals surface area contributed by atoms with Gasteiger partial charge in [0.05, 0.1) is 0 Å². The highest BCUT2D eigenvalue weighted by Crippen LogP contribution is 2.16. The zero-order valence-corrected chi connectivity index (χ0v) is 11.1. The second kappa shape index (κ2) is 5.34. The van der Waals surface area contributed by atoms with E-state index in [2.05, 4.69) is 37.4 Å². The fourth-order valence-electron chi connectivity index (χ4n) is 1.79. The van der Waals surface area contributed by atoms with Gasteiger partial charge in [-0.1, -0.05) is 17.7 Å². The van der Waals surface area contributed by atoms with Crippen LogP contribution in [-0.4, -0.2) is 0 Å². The van der Waals surface area contributed by atoms with Gasteiger partial charge in [-0.05, 0) is 37.6 Å². The number of nitrogens with two attached hydrogens (primary N) is 1. The molecular weight excluding hydrogens is 228 g/mol. The summed E-state index contributed by atoms with van der Waals surface area (Å²) in [7, 11) is 0. The molecule has 0 spiro atoms. The zero-order chi connectivity index (χ0) is 12.3. The number of nitrogen functional groups attached to an aromatic ring is 1. The Labute approximate surface area is 106 Å². The topological polar surface area (TPSA) is 38.0 Å². The molecule has 0 unspecified atom stereocenters. The Balaban J connectivity index is 1.91. The van der Waals surface area contributed by atoms with Gasteiger partial charge in [0.2, 0.25) is 0 Å². The summed E-state index contributed by atoms with van der Waals surface area (Å²) in [4.78, 5) is 2.73. The standard InChI is InChI=1S/C14H18N2S/c1-10-3-6-14(15)12(7-10)8-16-9-13-5-4-11(2)17-13/h3-7,16H,8-9,15H2,1-2H3. The first kappa shape index (κ1) is 12.1. The van der Waals surface area contributed by atoms with Crippen molar-refractivity contribution in [2.24, 2.45) is 0 Å². The maximum atomic E-state index is 5.94. The minimum atomic E-state index is 0.824. The van der Waals surface area contributed by atoms with Crippen LogP contribution in [0.15, 0.2) is 30.3 Å². The van der Waals surface area contributed by atoms with Gasteiger partial charge in [0, 0.05) is 28.5 Å². The Bertz CT molecular complexity index is 503. The summed E-state index contributed by atoms with van der Waals surface area (Å²) in [5.41, 5.74) is 9.23. The monoisotopic (exact) mass is 246 g/mol. The Morgan fingerprint density at radius 2 is 1.94 bits per heavy atom. The summed E-state index contributed by atoms with van der Waals surface area (Å²) in [5, 5.41) is 3.43. The van der Waals surface area contributed by atoms with Crippen molar-refractivity contribution < 1.29 is 0 Å². The van der Waals surface area contributed by atoms with E-state index in [1.807, 2.05) is 23.5 Å². The molecule has 0 aliphatic carbocycles. The van der Waals surface area contributed by atoms with E-state index in [4.69, 9.17) is 5.73 Å². The van der Waals surface area contributed by atoms with Gasteiger partial charge in [0.1, 0.15) is 0 Å². The predicted molar refractivity (Wildman–Crippen MR) is 75.2 cm³/mol. The molecule has 0 amide bonds. The van der Waals surface area contributed by atoms with Gasteiger partial charge in [-0.25, -0.2) is 0 Å². The highest BCUT2D eigenvalue weighted by atomic mass is 32.1. The van der Waals surface area contributed by atoms with Crippen LogP contribution < -0.4 is 11.1 Å². The van der Waals surface area contributed by atoms with Crippen molar-refractivity contribution in [3.05, 3.63) is 51.2 Å². The van der Waals surface area contributed by atoms with E-state index in [0.29, 0.717) is 0 Å². The molecule has 1 heterocycles. The van der Waals surface area contributed by atoms with Crippen LogP contribution in [0.4, 0.5) is 5.69 Å². The average Bonchev–Trinajstić information content (AvgIpc) is 2.69. The predicted octanol–water partition coefficient (Wildman–Crippen LogP) is 3.24. The van der Waals surface area contributed by atoms with Crippen LogP contribution in [0.25, 0.3) is 0 Å². The molecule has 0 saturated heterocycles. The smallest absolute Gasteiger partial charge is 0.0359 e. The molecule has 0 bridgehead atoms. The van der Waals surface area contributed by atoms with Crippen LogP contribution in [0.3, 0.4) is 0 Å². The quantitative estimate of drug-likeness (QED) is 0.813. The van der Waals surface area contributed by atoms with Crippen molar-refractivity contribution in [1.82, 2.24) is 5.32 Å². The number of aryl methyl sites for hydroxylation is 2. The Hall–Kier alpha value is -1.32. The van der Waals surface area contributed by atoms with E-state index < -0.39 is 0 Å². The van der Waals surface area contributed by atoms with Crippen LogP contribution in [0, 0.1) is 13.8 Å². The van der Waals surface area contributed by atoms with Gasteiger partial charge in [-0.3, -0.25) is 0 Å². The summed E-state index contributed by atoms with van der Waals surface area (Å²) >= 11 is 1.84. The molecule has 0 aliphatic rings. The number of nitrogens with one attached hydrogen (secondary N) is 1. The molecule has 3 heteroatoms. The third-order valence-corrected chi connectivity index (χ3v) is 3.71. The van der Waals surface area contributed by atoms with Crippen LogP contribution in [0.2, 0.25) is 0 Å². The maximum Gasteiger partial charge on any atom is 0.0359 e. The van der Waals surface area contributed by atoms with E-state index in [1.165, 1.54) is 20.9 Å². The fraction of sp³-hybridized carbons (Fsp3) is 0.286. The van der Waals surface area contributed by atoms with Crippen molar-refractivity contribution in [3.8, 4) is 0 Å². The summed E-state index contributed by atoms with van der Waals surface area (Å²) in [5.74, 6) is 0. The van der Waals surface area contributed by atoms with E-state index in [-0.39, 0.29) is 0 Å². The molecule has 1 aromatic carbocycles. The molecule has 0 saturated carbocycles. The minimum Gasteiger partial charge on any atom is -0.398 e. The normalized spacial score (nSPS) is 10.7. The first-order valence-electron chi connectivity index (χ1n) is 5.76. The molecule has 1 aromatic heterocycles. The number of hydrogen-bond donors (Lipinski definition) is 2. The molecule has 2 rings (SSSR count). The third-order valence-electron chi connectivity index (χ3n) is 2.71. The summed E-state index contributed by atoms with van der Waals surface area (Å²) in [6.07, 6.45) is 0. The second-order valence-corrected chi connectivity index (χ2v) is 5.69. The summed E-state index contributed by atoms with van der Waals surface area (Å²) in [6, 6.07) is 10.5. The molecule has 17 heavy (non-hydrogen) atoms. The van der Waals surface area contributed by atoms with E-state index in [1.54, 1.807) is 0 Å². The molecule has 90 valence electrons. The highest BCUT2D eigenvalue weighted by molar-refractivity contribution is 7.11. The molecule has 3 N–H and O–H groups in total. The largest absolute Gasteiger partial charge is 0.398 e. The first-order chi connectivity index (χ1) is 8.15. The van der Waals surface area contributed by atoms with Crippen LogP contribution in [0.5, 0.6) is 0 Å². The summed E-state index contributed by atoms with van der Waals surface area (Å²) < 4.78 is 0. The Kier molecular flexibility index (Phi) is 3.82. The van der Waals surface area contributed by atoms with Gasteiger partial charge in [-0.15, -0.1) is 11.3 Å². The lowest BCUT2D eigenvalue weighted by Crippen LogP contribution is -2.13. The van der Waals surface area contributed by atoms with E-state index in [0.717, 1.165) is 18.8 Å². The van der Waals surface area contributed by atoms with Gasteiger partial charge in [0.15, 0.2) is 0 Å². The molecule has 2 aromatic rings. The van der Waals surface area contributed by atoms with Gasteiger partial charge in [-0.2, -0.15) is 0 Å². The third kappa shape index (κ3) is 3.32. The first-order valence-corrected chi connectivity index (χ1v) is 6.58. The molecule has 2 nitrogen and oxygen atoms in total. The number of hydrogen-bond acceptors (Lipinski definition) is 3. The lowest BCUT2D eigenvalue weighted by atomic mass is 10.1. The molecule has 0 fully saturated rings. The van der Waals surface area contributed by atoms with E-state index in [9.17, 15) is 0 Å². The van der Waals surface area contributed by atoms with Crippen molar-refractivity contribution in [1.29, 1.82) is 0 Å². The molecule has 0 radical (unpaired) electrons. The molecule has 0 atom stereocenters. The highest BCUT2D eigenvalue weighted by Gasteiger charge is 2.00. The van der Waals surface area contributed by atoms with Crippen LogP contribution in [-0.2, 0) is 13.1 Å². The average molecular weight is 246 g/mol. The van der Waals surface area contributed by atoms with Gasteiger partial charge in [0.25, 0.3) is 0 Å². The van der Waals surface area contributed by atoms with Gasteiger partial charge >= 0.3 is 0 Å². The molecule has 0 aliphatic heterocycles. The maximum absolute atomic E-state index is 5.94. The molecular formula is C14H18N2S. The fourth-order valence-corrected chi connectivity index (χ4v) is 2.65. The van der Waals surface area contributed by atoms with Crippen molar-refractivity contribution >= 4 is 17.0 Å². The minimum absolute atomic E-state index is 0.824. The van der Waals surface area contributed by atoms with Crippen molar-refractivity contribution in [2.75, 3.05) is 5.73 Å². The van der Waals surface area contributed by atoms with Gasteiger partial charge < -0.3 is 11.1 Å².